The first-order valence-corrected chi connectivity index (χ1v) is 11.5. The molecular weight excluding hydrogens is 372 g/mol. The van der Waals surface area contributed by atoms with Crippen molar-refractivity contribution in [2.75, 3.05) is 19.6 Å². The summed E-state index contributed by atoms with van der Waals surface area (Å²) in [5, 5.41) is 2.99. The molecule has 1 atom stereocenters. The molecule has 1 aliphatic rings. The molecule has 1 saturated heterocycles. The Labute approximate surface area is 167 Å². The number of hydrogen-bond donors (Lipinski definition) is 1. The van der Waals surface area contributed by atoms with Crippen LogP contribution >= 0.6 is 0 Å². The summed E-state index contributed by atoms with van der Waals surface area (Å²) in [4.78, 5) is 15.2. The average Bonchev–Trinajstić information content (AvgIpc) is 2.72. The molecule has 0 bridgehead atoms. The second kappa shape index (κ2) is 9.34. The fraction of sp³-hybridized carbons (Fsp3) is 0.409. The number of rotatable bonds is 7. The second-order valence-corrected chi connectivity index (χ2v) is 9.25. The minimum absolute atomic E-state index is 0.0769. The topological polar surface area (TPSA) is 66.5 Å². The normalized spacial score (nSPS) is 18.0. The van der Waals surface area contributed by atoms with Gasteiger partial charge in [0.15, 0.2) is 9.84 Å². The third-order valence-electron chi connectivity index (χ3n) is 5.31. The van der Waals surface area contributed by atoms with E-state index in [1.807, 2.05) is 18.2 Å². The Bertz CT molecular complexity index is 897. The molecular formula is C22H28N2O3S. The van der Waals surface area contributed by atoms with Crippen molar-refractivity contribution in [1.29, 1.82) is 0 Å². The van der Waals surface area contributed by atoms with Crippen molar-refractivity contribution < 1.29 is 13.2 Å². The van der Waals surface area contributed by atoms with Crippen LogP contribution in [-0.4, -0.2) is 44.9 Å². The maximum atomic E-state index is 12.7. The van der Waals surface area contributed by atoms with Crippen molar-refractivity contribution in [1.82, 2.24) is 10.2 Å². The number of nitrogens with one attached hydrogen (secondary N) is 1. The monoisotopic (exact) mass is 400 g/mol. The highest BCUT2D eigenvalue weighted by Gasteiger charge is 2.22. The summed E-state index contributed by atoms with van der Waals surface area (Å²) in [5.41, 5.74) is 1.11. The predicted molar refractivity (Wildman–Crippen MR) is 111 cm³/mol. The number of carbonyl (C=O) groups is 1. The molecule has 1 heterocycles. The standard InChI is InChI=1S/C22H28N2O3S/c1-2-24-14-7-6-12-20(24)16-23-22(25)19-11-8-13-21(15-19)28(26,27)17-18-9-4-3-5-10-18/h3-5,8-11,13,15,20H,2,6-7,12,14,16-17H2,1H3,(H,23,25). The van der Waals surface area contributed by atoms with Gasteiger partial charge in [0.2, 0.25) is 0 Å². The molecule has 28 heavy (non-hydrogen) atoms. The van der Waals surface area contributed by atoms with E-state index in [0.29, 0.717) is 18.2 Å². The summed E-state index contributed by atoms with van der Waals surface area (Å²) in [6, 6.07) is 15.7. The van der Waals surface area contributed by atoms with Gasteiger partial charge >= 0.3 is 0 Å². The lowest BCUT2D eigenvalue weighted by atomic mass is 10.0. The van der Waals surface area contributed by atoms with Crippen LogP contribution in [-0.2, 0) is 15.6 Å². The van der Waals surface area contributed by atoms with Crippen LogP contribution in [0.5, 0.6) is 0 Å². The second-order valence-electron chi connectivity index (χ2n) is 7.26. The van der Waals surface area contributed by atoms with Crippen LogP contribution in [0, 0.1) is 0 Å². The summed E-state index contributed by atoms with van der Waals surface area (Å²) in [5.74, 6) is -0.301. The van der Waals surface area contributed by atoms with Crippen molar-refractivity contribution in [3.05, 3.63) is 65.7 Å². The Morgan fingerprint density at radius 3 is 2.64 bits per heavy atom. The van der Waals surface area contributed by atoms with Gasteiger partial charge in [0.1, 0.15) is 0 Å². The molecule has 0 radical (unpaired) electrons. The molecule has 1 unspecified atom stereocenters. The summed E-state index contributed by atoms with van der Waals surface area (Å²) < 4.78 is 25.5. The first-order valence-electron chi connectivity index (χ1n) is 9.88. The number of carbonyl (C=O) groups excluding carboxylic acids is 1. The molecule has 1 N–H and O–H groups in total. The molecule has 0 saturated carbocycles. The van der Waals surface area contributed by atoms with Gasteiger partial charge in [0, 0.05) is 18.2 Å². The Balaban J connectivity index is 1.67. The Kier molecular flexibility index (Phi) is 6.86. The number of amides is 1. The number of likely N-dealkylation sites (N-methyl/N-ethyl adjacent to an activating group) is 1. The molecule has 1 amide bonds. The first kappa shape index (κ1) is 20.6. The summed E-state index contributed by atoms with van der Waals surface area (Å²) in [7, 11) is -3.51. The highest BCUT2D eigenvalue weighted by atomic mass is 32.2. The summed E-state index contributed by atoms with van der Waals surface area (Å²) in [6.45, 7) is 4.78. The van der Waals surface area contributed by atoms with Crippen molar-refractivity contribution in [3.8, 4) is 0 Å². The van der Waals surface area contributed by atoms with E-state index in [4.69, 9.17) is 0 Å². The van der Waals surface area contributed by atoms with Crippen LogP contribution < -0.4 is 5.32 Å². The Hall–Kier alpha value is -2.18. The van der Waals surface area contributed by atoms with Gasteiger partial charge in [-0.25, -0.2) is 8.42 Å². The van der Waals surface area contributed by atoms with E-state index in [0.717, 1.165) is 25.1 Å². The molecule has 0 aromatic heterocycles. The van der Waals surface area contributed by atoms with Crippen LogP contribution in [0.25, 0.3) is 0 Å². The molecule has 0 aliphatic carbocycles. The third-order valence-corrected chi connectivity index (χ3v) is 6.99. The van der Waals surface area contributed by atoms with E-state index in [1.54, 1.807) is 30.3 Å². The van der Waals surface area contributed by atoms with Crippen molar-refractivity contribution in [2.45, 2.75) is 42.9 Å². The molecule has 6 heteroatoms. The van der Waals surface area contributed by atoms with Gasteiger partial charge in [-0.15, -0.1) is 0 Å². The zero-order valence-electron chi connectivity index (χ0n) is 16.3. The van der Waals surface area contributed by atoms with Gasteiger partial charge in [0.25, 0.3) is 5.91 Å². The minimum atomic E-state index is -3.51. The van der Waals surface area contributed by atoms with Crippen LogP contribution in [0.3, 0.4) is 0 Å². The number of sulfone groups is 1. The maximum absolute atomic E-state index is 12.7. The van der Waals surface area contributed by atoms with Crippen LogP contribution in [0.1, 0.15) is 42.1 Å². The number of nitrogens with zero attached hydrogens (tertiary/aromatic N) is 1. The highest BCUT2D eigenvalue weighted by Crippen LogP contribution is 2.19. The summed E-state index contributed by atoms with van der Waals surface area (Å²) in [6.07, 6.45) is 3.48. The van der Waals surface area contributed by atoms with Crippen LogP contribution in [0.2, 0.25) is 0 Å². The fourth-order valence-electron chi connectivity index (χ4n) is 3.73. The number of piperidine rings is 1. The van der Waals surface area contributed by atoms with Gasteiger partial charge in [-0.05, 0) is 49.7 Å². The van der Waals surface area contributed by atoms with Gasteiger partial charge in [-0.3, -0.25) is 9.69 Å². The van der Waals surface area contributed by atoms with Crippen molar-refractivity contribution in [2.24, 2.45) is 0 Å². The first-order chi connectivity index (χ1) is 13.5. The number of benzene rings is 2. The van der Waals surface area contributed by atoms with E-state index < -0.39 is 9.84 Å². The lowest BCUT2D eigenvalue weighted by molar-refractivity contribution is 0.0917. The van der Waals surface area contributed by atoms with Crippen LogP contribution in [0.4, 0.5) is 0 Å². The lowest BCUT2D eigenvalue weighted by Gasteiger charge is -2.34. The minimum Gasteiger partial charge on any atom is -0.350 e. The molecule has 2 aromatic rings. The third kappa shape index (κ3) is 5.20. The van der Waals surface area contributed by atoms with E-state index in [-0.39, 0.29) is 16.6 Å². The smallest absolute Gasteiger partial charge is 0.251 e. The molecule has 1 fully saturated rings. The van der Waals surface area contributed by atoms with Gasteiger partial charge in [-0.1, -0.05) is 49.7 Å². The van der Waals surface area contributed by atoms with E-state index in [2.05, 4.69) is 17.1 Å². The quantitative estimate of drug-likeness (QED) is 0.775. The van der Waals surface area contributed by atoms with E-state index >= 15 is 0 Å². The predicted octanol–water partition coefficient (Wildman–Crippen LogP) is 3.26. The Morgan fingerprint density at radius 1 is 1.11 bits per heavy atom. The largest absolute Gasteiger partial charge is 0.350 e. The zero-order valence-corrected chi connectivity index (χ0v) is 17.1. The molecule has 2 aromatic carbocycles. The van der Waals surface area contributed by atoms with E-state index in [1.165, 1.54) is 18.9 Å². The maximum Gasteiger partial charge on any atom is 0.251 e. The van der Waals surface area contributed by atoms with Gasteiger partial charge in [-0.2, -0.15) is 0 Å². The average molecular weight is 401 g/mol. The molecule has 150 valence electrons. The Morgan fingerprint density at radius 2 is 1.89 bits per heavy atom. The highest BCUT2D eigenvalue weighted by molar-refractivity contribution is 7.90. The molecule has 1 aliphatic heterocycles. The van der Waals surface area contributed by atoms with Crippen molar-refractivity contribution >= 4 is 15.7 Å². The summed E-state index contributed by atoms with van der Waals surface area (Å²) >= 11 is 0. The zero-order chi connectivity index (χ0) is 20.0. The molecule has 0 spiro atoms. The van der Waals surface area contributed by atoms with Gasteiger partial charge < -0.3 is 5.32 Å². The molecule has 3 rings (SSSR count). The van der Waals surface area contributed by atoms with Crippen molar-refractivity contribution in [3.63, 3.8) is 0 Å². The number of hydrogen-bond acceptors (Lipinski definition) is 4. The lowest BCUT2D eigenvalue weighted by Crippen LogP contribution is -2.46. The fourth-order valence-corrected chi connectivity index (χ4v) is 5.12. The number of likely N-dealkylation sites (tertiary alicyclic amines) is 1. The van der Waals surface area contributed by atoms with E-state index in [9.17, 15) is 13.2 Å². The van der Waals surface area contributed by atoms with Crippen LogP contribution in [0.15, 0.2) is 59.5 Å². The molecule has 5 nitrogen and oxygen atoms in total. The SMILES string of the molecule is CCN1CCCCC1CNC(=O)c1cccc(S(=O)(=O)Cc2ccccc2)c1. The van der Waals surface area contributed by atoms with Gasteiger partial charge in [0.05, 0.1) is 10.6 Å².